The van der Waals surface area contributed by atoms with Crippen LogP contribution in [-0.4, -0.2) is 0 Å². The van der Waals surface area contributed by atoms with E-state index in [4.69, 9.17) is 11.6 Å². The van der Waals surface area contributed by atoms with Crippen molar-refractivity contribution >= 4 is 28.5 Å². The molecule has 0 saturated heterocycles. The van der Waals surface area contributed by atoms with Gasteiger partial charge in [-0.05, 0) is 67.7 Å². The molecular formula is C17H18ClNS. The van der Waals surface area contributed by atoms with E-state index in [0.717, 1.165) is 33.2 Å². The Hall–Kier alpha value is -0.780. The van der Waals surface area contributed by atoms with Crippen LogP contribution in [0.25, 0.3) is 5.57 Å². The van der Waals surface area contributed by atoms with E-state index in [0.29, 0.717) is 0 Å². The van der Waals surface area contributed by atoms with Gasteiger partial charge in [0.15, 0.2) is 0 Å². The molecule has 104 valence electrons. The summed E-state index contributed by atoms with van der Waals surface area (Å²) < 4.78 is 0. The third-order valence-corrected chi connectivity index (χ3v) is 7.08. The van der Waals surface area contributed by atoms with E-state index in [2.05, 4.69) is 6.07 Å². The van der Waals surface area contributed by atoms with Crippen molar-refractivity contribution < 1.29 is 0 Å². The first kappa shape index (κ1) is 12.9. The van der Waals surface area contributed by atoms with Gasteiger partial charge in [0.05, 0.1) is 5.57 Å². The highest BCUT2D eigenvalue weighted by molar-refractivity contribution is 7.11. The Morgan fingerprint density at radius 2 is 1.80 bits per heavy atom. The summed E-state index contributed by atoms with van der Waals surface area (Å²) in [6, 6.07) is 6.41. The number of rotatable bonds is 2. The Morgan fingerprint density at radius 1 is 1.20 bits per heavy atom. The van der Waals surface area contributed by atoms with Crippen molar-refractivity contribution in [1.82, 2.24) is 0 Å². The molecule has 4 aliphatic carbocycles. The minimum absolute atomic E-state index is 0.130. The van der Waals surface area contributed by atoms with Crippen molar-refractivity contribution in [2.75, 3.05) is 0 Å². The first-order chi connectivity index (χ1) is 9.70. The molecule has 0 amide bonds. The molecule has 5 rings (SSSR count). The number of nitrogens with zero attached hydrogens (tertiary/aromatic N) is 1. The van der Waals surface area contributed by atoms with Gasteiger partial charge in [-0.2, -0.15) is 5.26 Å². The Morgan fingerprint density at radius 3 is 2.25 bits per heavy atom. The Kier molecular flexibility index (Phi) is 2.98. The summed E-state index contributed by atoms with van der Waals surface area (Å²) >= 11 is 8.45. The maximum absolute atomic E-state index is 9.58. The van der Waals surface area contributed by atoms with E-state index in [9.17, 15) is 5.26 Å². The van der Waals surface area contributed by atoms with E-state index < -0.39 is 0 Å². The molecule has 1 nitrogen and oxygen atoms in total. The first-order valence-corrected chi connectivity index (χ1v) is 8.80. The molecule has 4 bridgehead atoms. The van der Waals surface area contributed by atoms with Crippen molar-refractivity contribution in [3.8, 4) is 6.07 Å². The van der Waals surface area contributed by atoms with Crippen molar-refractivity contribution in [2.24, 2.45) is 23.2 Å². The molecule has 3 heteroatoms. The largest absolute Gasteiger partial charge is 0.192 e. The molecule has 1 aromatic rings. The molecule has 1 heterocycles. The predicted molar refractivity (Wildman–Crippen MR) is 83.3 cm³/mol. The van der Waals surface area contributed by atoms with Gasteiger partial charge in [0, 0.05) is 15.3 Å². The van der Waals surface area contributed by atoms with Crippen LogP contribution in [0.1, 0.15) is 43.4 Å². The lowest BCUT2D eigenvalue weighted by Crippen LogP contribution is -2.46. The fourth-order valence-corrected chi connectivity index (χ4v) is 6.44. The molecule has 0 spiro atoms. The average Bonchev–Trinajstić information content (AvgIpc) is 2.92. The topological polar surface area (TPSA) is 23.8 Å². The summed E-state index contributed by atoms with van der Waals surface area (Å²) in [4.78, 5) is 1.04. The molecule has 20 heavy (non-hydrogen) atoms. The molecular weight excluding hydrogens is 286 g/mol. The van der Waals surface area contributed by atoms with Crippen molar-refractivity contribution in [2.45, 2.75) is 38.5 Å². The van der Waals surface area contributed by atoms with Crippen LogP contribution in [0.4, 0.5) is 0 Å². The summed E-state index contributed by atoms with van der Waals surface area (Å²) in [7, 11) is 0. The lowest BCUT2D eigenvalue weighted by molar-refractivity contribution is -0.0260. The van der Waals surface area contributed by atoms with Crippen LogP contribution in [0.5, 0.6) is 0 Å². The Balaban J connectivity index is 1.78. The number of halogens is 1. The lowest BCUT2D eigenvalue weighted by Gasteiger charge is -2.56. The van der Waals surface area contributed by atoms with Crippen LogP contribution in [0.15, 0.2) is 22.5 Å². The summed E-state index contributed by atoms with van der Waals surface area (Å²) in [5, 5.41) is 12.5. The van der Waals surface area contributed by atoms with E-state index >= 15 is 0 Å². The SMILES string of the molecule is N#CC(=C(Cl)C12CC3CC(CC(C3)C1)C2)c1cccs1. The molecule has 0 aromatic carbocycles. The summed E-state index contributed by atoms with van der Waals surface area (Å²) in [6.07, 6.45) is 7.87. The monoisotopic (exact) mass is 303 g/mol. The molecule has 0 aliphatic heterocycles. The second kappa shape index (κ2) is 4.61. The maximum Gasteiger partial charge on any atom is 0.102 e. The van der Waals surface area contributed by atoms with Gasteiger partial charge in [0.1, 0.15) is 6.07 Å². The number of hydrogen-bond donors (Lipinski definition) is 0. The van der Waals surface area contributed by atoms with Crippen LogP contribution < -0.4 is 0 Å². The zero-order chi connectivity index (χ0) is 13.7. The second-order valence-corrected chi connectivity index (χ2v) is 8.30. The van der Waals surface area contributed by atoms with Gasteiger partial charge in [-0.25, -0.2) is 0 Å². The summed E-state index contributed by atoms with van der Waals surface area (Å²) in [5.74, 6) is 2.58. The van der Waals surface area contributed by atoms with Gasteiger partial charge in [-0.15, -0.1) is 11.3 Å². The second-order valence-electron chi connectivity index (χ2n) is 6.98. The molecule has 0 unspecified atom stereocenters. The lowest BCUT2D eigenvalue weighted by atomic mass is 9.49. The molecule has 4 saturated carbocycles. The highest BCUT2D eigenvalue weighted by atomic mass is 35.5. The standard InChI is InChI=1S/C17H18ClNS/c18-16(14(10-19)15-2-1-3-20-15)17-7-11-4-12(8-17)6-13(5-11)9-17/h1-3,11-13H,4-9H2. The summed E-state index contributed by atoms with van der Waals surface area (Å²) in [6.45, 7) is 0. The van der Waals surface area contributed by atoms with Gasteiger partial charge < -0.3 is 0 Å². The Labute approximate surface area is 129 Å². The molecule has 0 N–H and O–H groups in total. The zero-order valence-electron chi connectivity index (χ0n) is 11.4. The zero-order valence-corrected chi connectivity index (χ0v) is 13.0. The van der Waals surface area contributed by atoms with E-state index in [1.807, 2.05) is 17.5 Å². The third-order valence-electron chi connectivity index (χ3n) is 5.60. The highest BCUT2D eigenvalue weighted by Gasteiger charge is 2.53. The van der Waals surface area contributed by atoms with Gasteiger partial charge in [-0.1, -0.05) is 17.7 Å². The minimum atomic E-state index is 0.130. The average molecular weight is 304 g/mol. The fourth-order valence-electron chi connectivity index (χ4n) is 5.28. The number of thiophene rings is 1. The van der Waals surface area contributed by atoms with Gasteiger partial charge in [-0.3, -0.25) is 0 Å². The van der Waals surface area contributed by atoms with Crippen LogP contribution >= 0.6 is 22.9 Å². The molecule has 4 aliphatic rings. The van der Waals surface area contributed by atoms with E-state index in [-0.39, 0.29) is 5.41 Å². The smallest absolute Gasteiger partial charge is 0.102 e. The number of allylic oxidation sites excluding steroid dienone is 2. The van der Waals surface area contributed by atoms with Crippen LogP contribution in [0, 0.1) is 34.5 Å². The van der Waals surface area contributed by atoms with Crippen molar-refractivity contribution in [3.05, 3.63) is 27.4 Å². The third kappa shape index (κ3) is 1.87. The Bertz CT molecular complexity index is 558. The highest BCUT2D eigenvalue weighted by Crippen LogP contribution is 2.64. The predicted octanol–water partition coefficient (Wildman–Crippen LogP) is 5.44. The van der Waals surface area contributed by atoms with Gasteiger partial charge >= 0.3 is 0 Å². The fraction of sp³-hybridized carbons (Fsp3) is 0.588. The quantitative estimate of drug-likeness (QED) is 0.668. The normalized spacial score (nSPS) is 39.5. The molecule has 4 fully saturated rings. The molecule has 1 aromatic heterocycles. The van der Waals surface area contributed by atoms with Crippen LogP contribution in [-0.2, 0) is 0 Å². The molecule has 0 atom stereocenters. The van der Waals surface area contributed by atoms with Crippen LogP contribution in [0.3, 0.4) is 0 Å². The van der Waals surface area contributed by atoms with Crippen molar-refractivity contribution in [3.63, 3.8) is 0 Å². The minimum Gasteiger partial charge on any atom is -0.192 e. The van der Waals surface area contributed by atoms with Gasteiger partial charge in [0.25, 0.3) is 0 Å². The van der Waals surface area contributed by atoms with Crippen LogP contribution in [0.2, 0.25) is 0 Å². The first-order valence-electron chi connectivity index (χ1n) is 7.54. The maximum atomic E-state index is 9.58. The van der Waals surface area contributed by atoms with Crippen molar-refractivity contribution in [1.29, 1.82) is 5.26 Å². The summed E-state index contributed by atoms with van der Waals surface area (Å²) in [5.41, 5.74) is 0.870. The number of hydrogen-bond acceptors (Lipinski definition) is 2. The van der Waals surface area contributed by atoms with E-state index in [1.54, 1.807) is 11.3 Å². The molecule has 0 radical (unpaired) electrons. The van der Waals surface area contributed by atoms with E-state index in [1.165, 1.54) is 38.5 Å². The number of nitriles is 1. The van der Waals surface area contributed by atoms with Gasteiger partial charge in [0.2, 0.25) is 0 Å².